The quantitative estimate of drug-likeness (QED) is 0.741. The summed E-state index contributed by atoms with van der Waals surface area (Å²) >= 11 is 0. The molecule has 1 heteroatoms. The Labute approximate surface area is 99.5 Å². The first-order chi connectivity index (χ1) is 7.86. The van der Waals surface area contributed by atoms with Crippen molar-refractivity contribution in [3.63, 3.8) is 0 Å². The molecule has 1 heterocycles. The second-order valence-corrected chi connectivity index (χ2v) is 4.76. The van der Waals surface area contributed by atoms with E-state index in [0.29, 0.717) is 6.04 Å². The number of hydrogen-bond acceptors (Lipinski definition) is 1. The summed E-state index contributed by atoms with van der Waals surface area (Å²) in [6.45, 7) is 7.10. The fourth-order valence-electron chi connectivity index (χ4n) is 2.81. The first-order valence-corrected chi connectivity index (χ1v) is 6.68. The molecule has 1 aromatic rings. The molecule has 88 valence electrons. The van der Waals surface area contributed by atoms with Crippen LogP contribution < -0.4 is 0 Å². The Bertz CT molecular complexity index is 332. The molecule has 1 atom stereocenters. The van der Waals surface area contributed by atoms with Crippen molar-refractivity contribution in [3.05, 3.63) is 35.4 Å². The van der Waals surface area contributed by atoms with E-state index in [0.717, 1.165) is 0 Å². The van der Waals surface area contributed by atoms with E-state index in [1.165, 1.54) is 38.8 Å². The topological polar surface area (TPSA) is 3.24 Å². The molecule has 1 aliphatic heterocycles. The van der Waals surface area contributed by atoms with Crippen LogP contribution in [0.25, 0.3) is 0 Å². The molecule has 16 heavy (non-hydrogen) atoms. The van der Waals surface area contributed by atoms with Gasteiger partial charge >= 0.3 is 0 Å². The molecule has 1 aliphatic rings. The molecule has 1 unspecified atom stereocenters. The van der Waals surface area contributed by atoms with Gasteiger partial charge in [0.05, 0.1) is 0 Å². The van der Waals surface area contributed by atoms with Gasteiger partial charge in [0.2, 0.25) is 0 Å². The minimum Gasteiger partial charge on any atom is -0.296 e. The maximum Gasteiger partial charge on any atom is 0.0348 e. The molecule has 0 bridgehead atoms. The largest absolute Gasteiger partial charge is 0.296 e. The lowest BCUT2D eigenvalue weighted by Crippen LogP contribution is -2.35. The monoisotopic (exact) mass is 217 g/mol. The normalized spacial score (nSPS) is 20.8. The van der Waals surface area contributed by atoms with Gasteiger partial charge in [-0.15, -0.1) is 0 Å². The Morgan fingerprint density at radius 1 is 1.25 bits per heavy atom. The van der Waals surface area contributed by atoms with Crippen molar-refractivity contribution < 1.29 is 0 Å². The summed E-state index contributed by atoms with van der Waals surface area (Å²) in [5.41, 5.74) is 3.15. The average Bonchev–Trinajstić information content (AvgIpc) is 2.35. The first-order valence-electron chi connectivity index (χ1n) is 6.68. The van der Waals surface area contributed by atoms with Gasteiger partial charge in [-0.25, -0.2) is 0 Å². The molecular formula is C15H23N. The van der Waals surface area contributed by atoms with Gasteiger partial charge in [-0.1, -0.05) is 44.5 Å². The Hall–Kier alpha value is -0.820. The van der Waals surface area contributed by atoms with Gasteiger partial charge in [-0.3, -0.25) is 4.90 Å². The lowest BCUT2D eigenvalue weighted by Gasteiger charge is -2.37. The van der Waals surface area contributed by atoms with Gasteiger partial charge in [-0.2, -0.15) is 0 Å². The maximum atomic E-state index is 2.67. The molecule has 0 fully saturated rings. The van der Waals surface area contributed by atoms with E-state index >= 15 is 0 Å². The first kappa shape index (κ1) is 11.7. The third kappa shape index (κ3) is 2.30. The highest BCUT2D eigenvalue weighted by atomic mass is 15.2. The Morgan fingerprint density at radius 2 is 2.06 bits per heavy atom. The Balaban J connectivity index is 2.16. The Morgan fingerprint density at radius 3 is 2.81 bits per heavy atom. The lowest BCUT2D eigenvalue weighted by molar-refractivity contribution is 0.177. The van der Waals surface area contributed by atoms with Gasteiger partial charge in [-0.05, 0) is 36.9 Å². The van der Waals surface area contributed by atoms with Gasteiger partial charge in [0, 0.05) is 12.6 Å². The number of benzene rings is 1. The zero-order chi connectivity index (χ0) is 11.4. The molecule has 0 aromatic heterocycles. The van der Waals surface area contributed by atoms with E-state index in [4.69, 9.17) is 0 Å². The summed E-state index contributed by atoms with van der Waals surface area (Å²) in [5.74, 6) is 0. The molecular weight excluding hydrogens is 194 g/mol. The van der Waals surface area contributed by atoms with Crippen molar-refractivity contribution >= 4 is 0 Å². The summed E-state index contributed by atoms with van der Waals surface area (Å²) in [6.07, 6.45) is 5.10. The van der Waals surface area contributed by atoms with Crippen molar-refractivity contribution in [2.45, 2.75) is 45.6 Å². The van der Waals surface area contributed by atoms with Gasteiger partial charge in [0.25, 0.3) is 0 Å². The van der Waals surface area contributed by atoms with Crippen LogP contribution in [0.2, 0.25) is 0 Å². The van der Waals surface area contributed by atoms with Crippen molar-refractivity contribution in [2.75, 3.05) is 13.1 Å². The predicted octanol–water partition coefficient (Wildman–Crippen LogP) is 3.80. The molecule has 0 radical (unpaired) electrons. The van der Waals surface area contributed by atoms with Crippen LogP contribution in [-0.4, -0.2) is 18.0 Å². The third-order valence-corrected chi connectivity index (χ3v) is 3.71. The zero-order valence-corrected chi connectivity index (χ0v) is 10.6. The number of fused-ring (bicyclic) bond motifs is 1. The number of unbranched alkanes of at least 4 members (excludes halogenated alkanes) is 1. The fraction of sp³-hybridized carbons (Fsp3) is 0.600. The van der Waals surface area contributed by atoms with Gasteiger partial charge in [0.1, 0.15) is 0 Å². The van der Waals surface area contributed by atoms with E-state index in [1.807, 2.05) is 0 Å². The van der Waals surface area contributed by atoms with Crippen molar-refractivity contribution in [1.29, 1.82) is 0 Å². The van der Waals surface area contributed by atoms with Crippen LogP contribution in [0.4, 0.5) is 0 Å². The molecule has 1 nitrogen and oxygen atoms in total. The summed E-state index contributed by atoms with van der Waals surface area (Å²) in [7, 11) is 0. The maximum absolute atomic E-state index is 2.67. The van der Waals surface area contributed by atoms with Crippen molar-refractivity contribution in [3.8, 4) is 0 Å². The summed E-state index contributed by atoms with van der Waals surface area (Å²) in [4.78, 5) is 2.67. The molecule has 1 aromatic carbocycles. The zero-order valence-electron chi connectivity index (χ0n) is 10.6. The van der Waals surface area contributed by atoms with Crippen LogP contribution in [0.15, 0.2) is 24.3 Å². The van der Waals surface area contributed by atoms with E-state index in [1.54, 1.807) is 11.1 Å². The van der Waals surface area contributed by atoms with Crippen molar-refractivity contribution in [2.24, 2.45) is 0 Å². The molecule has 2 rings (SSSR count). The summed E-state index contributed by atoms with van der Waals surface area (Å²) in [6, 6.07) is 9.64. The van der Waals surface area contributed by atoms with Crippen molar-refractivity contribution in [1.82, 2.24) is 4.90 Å². The minimum atomic E-state index is 0.663. The molecule has 0 N–H and O–H groups in total. The number of hydrogen-bond donors (Lipinski definition) is 0. The van der Waals surface area contributed by atoms with Gasteiger partial charge in [0.15, 0.2) is 0 Å². The third-order valence-electron chi connectivity index (χ3n) is 3.71. The smallest absolute Gasteiger partial charge is 0.0348 e. The van der Waals surface area contributed by atoms with E-state index in [9.17, 15) is 0 Å². The minimum absolute atomic E-state index is 0.663. The second kappa shape index (κ2) is 5.49. The van der Waals surface area contributed by atoms with Gasteiger partial charge < -0.3 is 0 Å². The fourth-order valence-corrected chi connectivity index (χ4v) is 2.81. The highest BCUT2D eigenvalue weighted by molar-refractivity contribution is 5.32. The van der Waals surface area contributed by atoms with Crippen LogP contribution >= 0.6 is 0 Å². The number of rotatable bonds is 4. The summed E-state index contributed by atoms with van der Waals surface area (Å²) in [5, 5.41) is 0. The van der Waals surface area contributed by atoms with Crippen LogP contribution in [0.3, 0.4) is 0 Å². The van der Waals surface area contributed by atoms with E-state index in [2.05, 4.69) is 43.0 Å². The van der Waals surface area contributed by atoms with Crippen LogP contribution in [-0.2, 0) is 6.42 Å². The number of nitrogens with zero attached hydrogens (tertiary/aromatic N) is 1. The summed E-state index contributed by atoms with van der Waals surface area (Å²) < 4.78 is 0. The van der Waals surface area contributed by atoms with E-state index in [-0.39, 0.29) is 0 Å². The van der Waals surface area contributed by atoms with E-state index < -0.39 is 0 Å². The Kier molecular flexibility index (Phi) is 4.00. The molecule has 0 aliphatic carbocycles. The highest BCUT2D eigenvalue weighted by Crippen LogP contribution is 2.31. The van der Waals surface area contributed by atoms with Crippen LogP contribution in [0.5, 0.6) is 0 Å². The van der Waals surface area contributed by atoms with Crippen LogP contribution in [0, 0.1) is 0 Å². The second-order valence-electron chi connectivity index (χ2n) is 4.76. The molecule has 0 saturated carbocycles. The van der Waals surface area contributed by atoms with Crippen LogP contribution in [0.1, 0.15) is 50.3 Å². The lowest BCUT2D eigenvalue weighted by atomic mass is 9.91. The standard InChI is InChI=1S/C15H23N/c1-3-5-11-16-12-10-13-8-6-7-9-14(13)15(16)4-2/h6-9,15H,3-5,10-12H2,1-2H3. The molecule has 0 amide bonds. The molecule has 0 spiro atoms. The predicted molar refractivity (Wildman–Crippen MR) is 69.7 cm³/mol. The SMILES string of the molecule is CCCCN1CCc2ccccc2C1CC. The average molecular weight is 217 g/mol. The molecule has 0 saturated heterocycles. The highest BCUT2D eigenvalue weighted by Gasteiger charge is 2.24.